The second-order valence-corrected chi connectivity index (χ2v) is 5.00. The van der Waals surface area contributed by atoms with E-state index in [9.17, 15) is 14.7 Å². The third kappa shape index (κ3) is 2.66. The van der Waals surface area contributed by atoms with Crippen molar-refractivity contribution in [2.75, 3.05) is 5.32 Å². The second-order valence-electron chi connectivity index (χ2n) is 4.22. The summed E-state index contributed by atoms with van der Waals surface area (Å²) in [6.45, 7) is 3.42. The Labute approximate surface area is 114 Å². The van der Waals surface area contributed by atoms with E-state index in [0.29, 0.717) is 16.8 Å². The van der Waals surface area contributed by atoms with Gasteiger partial charge in [0.05, 0.1) is 16.8 Å². The first-order valence-corrected chi connectivity index (χ1v) is 6.62. The van der Waals surface area contributed by atoms with E-state index >= 15 is 0 Å². The summed E-state index contributed by atoms with van der Waals surface area (Å²) in [4.78, 5) is 23.6. The van der Waals surface area contributed by atoms with Crippen molar-refractivity contribution in [2.45, 2.75) is 13.8 Å². The summed E-state index contributed by atoms with van der Waals surface area (Å²) in [5.74, 6) is -1.48. The largest absolute Gasteiger partial charge is 0.478 e. The number of aromatic carboxylic acids is 1. The fourth-order valence-corrected chi connectivity index (χ4v) is 2.50. The van der Waals surface area contributed by atoms with E-state index < -0.39 is 11.9 Å². The summed E-state index contributed by atoms with van der Waals surface area (Å²) in [6.07, 6.45) is 0. The van der Waals surface area contributed by atoms with E-state index in [1.807, 2.05) is 5.38 Å². The Hall–Kier alpha value is -2.14. The van der Waals surface area contributed by atoms with E-state index in [2.05, 4.69) is 5.32 Å². The van der Waals surface area contributed by atoms with Gasteiger partial charge in [0.1, 0.15) is 0 Å². The number of anilines is 1. The molecule has 0 aliphatic carbocycles. The van der Waals surface area contributed by atoms with Crippen LogP contribution in [0.1, 0.15) is 31.8 Å². The minimum atomic E-state index is -1.09. The first-order chi connectivity index (χ1) is 9.00. The molecule has 0 aliphatic rings. The number of nitrogens with one attached hydrogen (secondary N) is 1. The Morgan fingerprint density at radius 3 is 2.26 bits per heavy atom. The number of carboxylic acid groups (broad SMARTS) is 1. The number of carboxylic acids is 1. The summed E-state index contributed by atoms with van der Waals surface area (Å²) < 4.78 is 0. The maximum Gasteiger partial charge on any atom is 0.336 e. The van der Waals surface area contributed by atoms with Crippen LogP contribution in [0, 0.1) is 13.8 Å². The van der Waals surface area contributed by atoms with Gasteiger partial charge in [-0.1, -0.05) is 12.1 Å². The molecule has 19 heavy (non-hydrogen) atoms. The van der Waals surface area contributed by atoms with Gasteiger partial charge in [-0.25, -0.2) is 4.79 Å². The van der Waals surface area contributed by atoms with Crippen LogP contribution >= 0.6 is 11.3 Å². The zero-order chi connectivity index (χ0) is 14.0. The van der Waals surface area contributed by atoms with Gasteiger partial charge in [0.25, 0.3) is 5.91 Å². The summed E-state index contributed by atoms with van der Waals surface area (Å²) >= 11 is 1.46. The van der Waals surface area contributed by atoms with Gasteiger partial charge in [-0.15, -0.1) is 0 Å². The zero-order valence-electron chi connectivity index (χ0n) is 10.6. The number of thiophene rings is 1. The van der Waals surface area contributed by atoms with Crippen LogP contribution in [0.4, 0.5) is 5.69 Å². The van der Waals surface area contributed by atoms with Crippen LogP contribution in [0.25, 0.3) is 0 Å². The van der Waals surface area contributed by atoms with Crippen LogP contribution < -0.4 is 5.32 Å². The van der Waals surface area contributed by atoms with Crippen molar-refractivity contribution in [3.63, 3.8) is 0 Å². The summed E-state index contributed by atoms with van der Waals surface area (Å²) in [5, 5.41) is 15.6. The predicted octanol–water partition coefficient (Wildman–Crippen LogP) is 3.32. The molecule has 4 nitrogen and oxygen atoms in total. The Balaban J connectivity index is 2.46. The van der Waals surface area contributed by atoms with Crippen molar-refractivity contribution < 1.29 is 14.7 Å². The molecule has 1 aromatic carbocycles. The lowest BCUT2D eigenvalue weighted by Crippen LogP contribution is -2.18. The molecule has 0 unspecified atom stereocenters. The highest BCUT2D eigenvalue weighted by Gasteiger charge is 2.21. The molecule has 1 amide bonds. The van der Waals surface area contributed by atoms with Gasteiger partial charge < -0.3 is 10.4 Å². The molecule has 2 aromatic rings. The lowest BCUT2D eigenvalue weighted by atomic mass is 9.96. The van der Waals surface area contributed by atoms with Crippen LogP contribution in [-0.4, -0.2) is 17.0 Å². The Morgan fingerprint density at radius 2 is 1.74 bits per heavy atom. The molecule has 1 heterocycles. The van der Waals surface area contributed by atoms with Gasteiger partial charge in [-0.2, -0.15) is 11.3 Å². The zero-order valence-corrected chi connectivity index (χ0v) is 11.4. The van der Waals surface area contributed by atoms with Crippen molar-refractivity contribution >= 4 is 28.9 Å². The average Bonchev–Trinajstić information content (AvgIpc) is 2.83. The number of hydrogen-bond donors (Lipinski definition) is 2. The summed E-state index contributed by atoms with van der Waals surface area (Å²) in [7, 11) is 0. The summed E-state index contributed by atoms with van der Waals surface area (Å²) in [5.41, 5.74) is 2.18. The number of benzene rings is 1. The minimum absolute atomic E-state index is 0.0627. The minimum Gasteiger partial charge on any atom is -0.478 e. The standard InChI is InChI=1S/C14H13NO3S/c1-8-3-4-9(2)12(14(17)18)11(8)13(16)15-10-5-6-19-7-10/h3-7H,1-2H3,(H,15,16)(H,17,18). The Morgan fingerprint density at radius 1 is 1.11 bits per heavy atom. The highest BCUT2D eigenvalue weighted by Crippen LogP contribution is 2.21. The third-order valence-corrected chi connectivity index (χ3v) is 3.53. The molecule has 0 aliphatic heterocycles. The van der Waals surface area contributed by atoms with E-state index in [0.717, 1.165) is 0 Å². The first kappa shape index (κ1) is 13.3. The highest BCUT2D eigenvalue weighted by atomic mass is 32.1. The van der Waals surface area contributed by atoms with Crippen LogP contribution in [0.15, 0.2) is 29.0 Å². The number of carbonyl (C=O) groups is 2. The lowest BCUT2D eigenvalue weighted by Gasteiger charge is -2.12. The fraction of sp³-hybridized carbons (Fsp3) is 0.143. The van der Waals surface area contributed by atoms with Crippen molar-refractivity contribution in [3.8, 4) is 0 Å². The van der Waals surface area contributed by atoms with Gasteiger partial charge in [-0.3, -0.25) is 4.79 Å². The lowest BCUT2D eigenvalue weighted by molar-refractivity contribution is 0.0691. The molecule has 98 valence electrons. The molecule has 5 heteroatoms. The topological polar surface area (TPSA) is 66.4 Å². The molecule has 0 spiro atoms. The van der Waals surface area contributed by atoms with Crippen LogP contribution in [0.3, 0.4) is 0 Å². The van der Waals surface area contributed by atoms with Gasteiger partial charge in [0.15, 0.2) is 0 Å². The molecule has 2 rings (SSSR count). The maximum absolute atomic E-state index is 12.2. The maximum atomic E-state index is 12.2. The van der Waals surface area contributed by atoms with Gasteiger partial charge in [-0.05, 0) is 36.4 Å². The Bertz CT molecular complexity index is 632. The van der Waals surface area contributed by atoms with Gasteiger partial charge >= 0.3 is 5.97 Å². The van der Waals surface area contributed by atoms with E-state index in [1.165, 1.54) is 11.3 Å². The monoisotopic (exact) mass is 275 g/mol. The Kier molecular flexibility index (Phi) is 3.66. The number of aryl methyl sites for hydroxylation is 2. The molecule has 0 saturated heterocycles. The van der Waals surface area contributed by atoms with E-state index in [1.54, 1.807) is 37.4 Å². The fourth-order valence-electron chi connectivity index (χ4n) is 1.91. The quantitative estimate of drug-likeness (QED) is 0.903. The number of rotatable bonds is 3. The van der Waals surface area contributed by atoms with Crippen molar-refractivity contribution in [1.82, 2.24) is 0 Å². The molecular formula is C14H13NO3S. The third-order valence-electron chi connectivity index (χ3n) is 2.84. The van der Waals surface area contributed by atoms with Gasteiger partial charge in [0.2, 0.25) is 0 Å². The molecule has 0 atom stereocenters. The van der Waals surface area contributed by atoms with Crippen LogP contribution in [0.2, 0.25) is 0 Å². The predicted molar refractivity (Wildman–Crippen MR) is 75.1 cm³/mol. The van der Waals surface area contributed by atoms with Gasteiger partial charge in [0, 0.05) is 5.38 Å². The SMILES string of the molecule is Cc1ccc(C)c(C(=O)Nc2ccsc2)c1C(=O)O. The van der Waals surface area contributed by atoms with Crippen LogP contribution in [-0.2, 0) is 0 Å². The van der Waals surface area contributed by atoms with Crippen LogP contribution in [0.5, 0.6) is 0 Å². The number of amides is 1. The van der Waals surface area contributed by atoms with Crippen molar-refractivity contribution in [1.29, 1.82) is 0 Å². The molecule has 0 fully saturated rings. The van der Waals surface area contributed by atoms with Crippen molar-refractivity contribution in [2.24, 2.45) is 0 Å². The average molecular weight is 275 g/mol. The van der Waals surface area contributed by atoms with E-state index in [4.69, 9.17) is 0 Å². The summed E-state index contributed by atoms with van der Waals surface area (Å²) in [6, 6.07) is 5.23. The van der Waals surface area contributed by atoms with Crippen molar-refractivity contribution in [3.05, 3.63) is 51.2 Å². The van der Waals surface area contributed by atoms with E-state index in [-0.39, 0.29) is 11.1 Å². The second kappa shape index (κ2) is 5.24. The normalized spacial score (nSPS) is 10.2. The highest BCUT2D eigenvalue weighted by molar-refractivity contribution is 7.08. The number of hydrogen-bond acceptors (Lipinski definition) is 3. The molecular weight excluding hydrogens is 262 g/mol. The number of carbonyl (C=O) groups excluding carboxylic acids is 1. The molecule has 0 saturated carbocycles. The molecule has 0 radical (unpaired) electrons. The molecule has 0 bridgehead atoms. The molecule has 2 N–H and O–H groups in total. The smallest absolute Gasteiger partial charge is 0.336 e. The first-order valence-electron chi connectivity index (χ1n) is 5.67. The molecule has 1 aromatic heterocycles.